The maximum Gasteiger partial charge on any atom is 0.243 e. The Hall–Kier alpha value is -2.91. The van der Waals surface area contributed by atoms with Crippen LogP contribution in [0.4, 0.5) is 16.2 Å². The summed E-state index contributed by atoms with van der Waals surface area (Å²) < 4.78 is 41.1. The molecule has 0 aliphatic carbocycles. The molecule has 1 fully saturated rings. The predicted octanol–water partition coefficient (Wildman–Crippen LogP) is 3.67. The molecule has 1 aromatic carbocycles. The zero-order valence-corrected chi connectivity index (χ0v) is 16.4. The highest BCUT2D eigenvalue weighted by molar-refractivity contribution is 7.89. The molecule has 1 atom stereocenters. The summed E-state index contributed by atoms with van der Waals surface area (Å²) in [5.74, 6) is 0.482. The smallest absolute Gasteiger partial charge is 0.243 e. The van der Waals surface area contributed by atoms with Crippen LogP contribution in [0.15, 0.2) is 65.8 Å². The van der Waals surface area contributed by atoms with Crippen molar-refractivity contribution in [3.63, 3.8) is 0 Å². The first-order valence-corrected chi connectivity index (χ1v) is 10.8. The third kappa shape index (κ3) is 4.25. The van der Waals surface area contributed by atoms with Crippen molar-refractivity contribution >= 4 is 21.8 Å². The van der Waals surface area contributed by atoms with Crippen molar-refractivity contribution in [1.29, 1.82) is 0 Å². The Morgan fingerprint density at radius 2 is 1.83 bits per heavy atom. The molecular weight excluding hydrogens is 393 g/mol. The first kappa shape index (κ1) is 19.4. The second-order valence-electron chi connectivity index (χ2n) is 6.73. The fraction of sp³-hybridized carbons (Fsp3) is 0.250. The monoisotopic (exact) mass is 413 g/mol. The molecule has 0 radical (unpaired) electrons. The topological polar surface area (TPSA) is 88.1 Å². The van der Waals surface area contributed by atoms with E-state index in [2.05, 4.69) is 20.3 Å². The molecule has 3 heterocycles. The summed E-state index contributed by atoms with van der Waals surface area (Å²) in [6, 6.07) is 11.7. The summed E-state index contributed by atoms with van der Waals surface area (Å²) in [6.07, 6.45) is 5.57. The number of aromatic nitrogens is 3. The zero-order chi connectivity index (χ0) is 20.3. The van der Waals surface area contributed by atoms with Gasteiger partial charge in [-0.3, -0.25) is 0 Å². The van der Waals surface area contributed by atoms with E-state index in [-0.39, 0.29) is 4.90 Å². The summed E-state index contributed by atoms with van der Waals surface area (Å²) in [5, 5.41) is 3.03. The van der Waals surface area contributed by atoms with Crippen LogP contribution in [0.5, 0.6) is 0 Å². The first-order valence-electron chi connectivity index (χ1n) is 9.32. The maximum absolute atomic E-state index is 13.2. The number of nitrogens with zero attached hydrogens (tertiary/aromatic N) is 4. The van der Waals surface area contributed by atoms with Gasteiger partial charge in [-0.2, -0.15) is 4.31 Å². The van der Waals surface area contributed by atoms with Gasteiger partial charge in [0.05, 0.1) is 16.6 Å². The minimum absolute atomic E-state index is 0.0756. The van der Waals surface area contributed by atoms with Gasteiger partial charge in [0.15, 0.2) is 0 Å². The molecule has 1 aliphatic heterocycles. The number of halogens is 1. The molecule has 1 N–H and O–H groups in total. The molecule has 7 nitrogen and oxygen atoms in total. The Bertz CT molecular complexity index is 1080. The van der Waals surface area contributed by atoms with Crippen molar-refractivity contribution in [1.82, 2.24) is 19.3 Å². The number of pyridine rings is 1. The molecule has 29 heavy (non-hydrogen) atoms. The van der Waals surface area contributed by atoms with Gasteiger partial charge in [-0.05, 0) is 55.3 Å². The molecule has 0 amide bonds. The largest absolute Gasteiger partial charge is 0.309 e. The number of anilines is 2. The molecule has 0 spiro atoms. The standard InChI is InChI=1S/C20H20FN5O2S/c21-15-7-9-16(10-8-15)29(27,28)26-14-4-2-5-18(26)17-11-13-23-20(24-17)25-19-6-1-3-12-22-19/h1,3,6-13,18H,2,4-5,14H2,(H,22,23,24,25)/t18-/m0/s1. The van der Waals surface area contributed by atoms with Gasteiger partial charge in [0.25, 0.3) is 0 Å². The van der Waals surface area contributed by atoms with Crippen LogP contribution in [-0.4, -0.2) is 34.2 Å². The quantitative estimate of drug-likeness (QED) is 0.687. The Kier molecular flexibility index (Phi) is 5.50. The van der Waals surface area contributed by atoms with E-state index in [1.807, 2.05) is 12.1 Å². The zero-order valence-electron chi connectivity index (χ0n) is 15.6. The molecule has 9 heteroatoms. The van der Waals surface area contributed by atoms with Gasteiger partial charge >= 0.3 is 0 Å². The number of piperidine rings is 1. The number of rotatable bonds is 5. The second-order valence-corrected chi connectivity index (χ2v) is 8.62. The van der Waals surface area contributed by atoms with Gasteiger partial charge in [-0.15, -0.1) is 0 Å². The Balaban J connectivity index is 1.64. The van der Waals surface area contributed by atoms with Crippen LogP contribution in [0.3, 0.4) is 0 Å². The average Bonchev–Trinajstić information content (AvgIpc) is 2.75. The first-order chi connectivity index (χ1) is 14.0. The molecule has 0 unspecified atom stereocenters. The number of nitrogens with one attached hydrogen (secondary N) is 1. The number of hydrogen-bond donors (Lipinski definition) is 1. The molecule has 3 aromatic rings. The Labute approximate surface area is 168 Å². The third-order valence-electron chi connectivity index (χ3n) is 4.80. The molecule has 150 valence electrons. The van der Waals surface area contributed by atoms with Gasteiger partial charge in [-0.1, -0.05) is 12.5 Å². The second kappa shape index (κ2) is 8.22. The molecule has 1 saturated heterocycles. The van der Waals surface area contributed by atoms with Crippen LogP contribution in [0, 0.1) is 5.82 Å². The van der Waals surface area contributed by atoms with E-state index >= 15 is 0 Å². The van der Waals surface area contributed by atoms with Crippen molar-refractivity contribution in [2.75, 3.05) is 11.9 Å². The van der Waals surface area contributed by atoms with Gasteiger partial charge in [0.2, 0.25) is 16.0 Å². The SMILES string of the molecule is O=S(=O)(c1ccc(F)cc1)N1CCCC[C@H]1c1ccnc(Nc2ccccn2)n1. The van der Waals surface area contributed by atoms with Crippen LogP contribution < -0.4 is 5.32 Å². The van der Waals surface area contributed by atoms with E-state index in [1.54, 1.807) is 24.5 Å². The molecular formula is C20H20FN5O2S. The summed E-state index contributed by atoms with van der Waals surface area (Å²) in [5.41, 5.74) is 0.615. The number of hydrogen-bond acceptors (Lipinski definition) is 6. The minimum atomic E-state index is -3.77. The van der Waals surface area contributed by atoms with Crippen molar-refractivity contribution in [3.8, 4) is 0 Å². The molecule has 4 rings (SSSR count). The van der Waals surface area contributed by atoms with E-state index in [1.165, 1.54) is 16.4 Å². The molecule has 1 aliphatic rings. The highest BCUT2D eigenvalue weighted by atomic mass is 32.2. The van der Waals surface area contributed by atoms with Gasteiger partial charge in [-0.25, -0.2) is 27.8 Å². The summed E-state index contributed by atoms with van der Waals surface area (Å²) in [6.45, 7) is 0.386. The molecule has 2 aromatic heterocycles. The average molecular weight is 413 g/mol. The van der Waals surface area contributed by atoms with Gasteiger partial charge in [0, 0.05) is 18.9 Å². The van der Waals surface area contributed by atoms with Crippen LogP contribution in [0.2, 0.25) is 0 Å². The van der Waals surface area contributed by atoms with E-state index in [0.717, 1.165) is 25.0 Å². The third-order valence-corrected chi connectivity index (χ3v) is 6.72. The lowest BCUT2D eigenvalue weighted by Gasteiger charge is -2.34. The van der Waals surface area contributed by atoms with E-state index in [4.69, 9.17) is 0 Å². The van der Waals surface area contributed by atoms with Crippen molar-refractivity contribution < 1.29 is 12.8 Å². The fourth-order valence-corrected chi connectivity index (χ4v) is 5.07. The summed E-state index contributed by atoms with van der Waals surface area (Å²) >= 11 is 0. The number of sulfonamides is 1. The van der Waals surface area contributed by atoms with Crippen LogP contribution >= 0.6 is 0 Å². The lowest BCUT2D eigenvalue weighted by Crippen LogP contribution is -2.38. The van der Waals surface area contributed by atoms with Crippen molar-refractivity contribution in [2.45, 2.75) is 30.2 Å². The predicted molar refractivity (Wildman–Crippen MR) is 106 cm³/mol. The lowest BCUT2D eigenvalue weighted by atomic mass is 10.0. The van der Waals surface area contributed by atoms with Crippen molar-refractivity contribution in [2.24, 2.45) is 0 Å². The van der Waals surface area contributed by atoms with Gasteiger partial charge in [0.1, 0.15) is 11.6 Å². The summed E-state index contributed by atoms with van der Waals surface area (Å²) in [4.78, 5) is 13.0. The molecule has 0 saturated carbocycles. The lowest BCUT2D eigenvalue weighted by molar-refractivity contribution is 0.251. The van der Waals surface area contributed by atoms with Gasteiger partial charge < -0.3 is 5.32 Å². The van der Waals surface area contributed by atoms with E-state index in [9.17, 15) is 12.8 Å². The molecule has 0 bridgehead atoms. The highest BCUT2D eigenvalue weighted by Gasteiger charge is 2.35. The van der Waals surface area contributed by atoms with Crippen molar-refractivity contribution in [3.05, 3.63) is 72.4 Å². The van der Waals surface area contributed by atoms with Crippen LogP contribution in [0.1, 0.15) is 31.0 Å². The van der Waals surface area contributed by atoms with Crippen LogP contribution in [0.25, 0.3) is 0 Å². The fourth-order valence-electron chi connectivity index (χ4n) is 3.40. The highest BCUT2D eigenvalue weighted by Crippen LogP contribution is 2.35. The number of benzene rings is 1. The normalized spacial score (nSPS) is 17.8. The van der Waals surface area contributed by atoms with E-state index in [0.29, 0.717) is 30.4 Å². The van der Waals surface area contributed by atoms with Crippen LogP contribution in [-0.2, 0) is 10.0 Å². The van der Waals surface area contributed by atoms with E-state index < -0.39 is 21.9 Å². The minimum Gasteiger partial charge on any atom is -0.309 e. The Morgan fingerprint density at radius 1 is 1.00 bits per heavy atom. The Morgan fingerprint density at radius 3 is 2.59 bits per heavy atom. The maximum atomic E-state index is 13.2. The summed E-state index contributed by atoms with van der Waals surface area (Å²) in [7, 11) is -3.77.